The van der Waals surface area contributed by atoms with Crippen LogP contribution >= 0.6 is 0 Å². The van der Waals surface area contributed by atoms with Gasteiger partial charge < -0.3 is 10.2 Å². The van der Waals surface area contributed by atoms with Gasteiger partial charge >= 0.3 is 0 Å². The zero-order valence-electron chi connectivity index (χ0n) is 17.8. The fourth-order valence-corrected chi connectivity index (χ4v) is 4.06. The number of carbonyl (C=O) groups excluding carboxylic acids is 2. The summed E-state index contributed by atoms with van der Waals surface area (Å²) in [5.41, 5.74) is 4.56. The van der Waals surface area contributed by atoms with Crippen LogP contribution in [0.4, 0.5) is 0 Å². The van der Waals surface area contributed by atoms with E-state index in [0.29, 0.717) is 25.8 Å². The number of hydrogen-bond donors (Lipinski definition) is 1. The molecule has 0 saturated carbocycles. The van der Waals surface area contributed by atoms with Gasteiger partial charge in [-0.05, 0) is 49.3 Å². The molecule has 0 radical (unpaired) electrons. The molecule has 1 heterocycles. The molecule has 0 unspecified atom stereocenters. The van der Waals surface area contributed by atoms with Gasteiger partial charge in [0.1, 0.15) is 0 Å². The van der Waals surface area contributed by atoms with Crippen molar-refractivity contribution in [2.45, 2.75) is 64.5 Å². The van der Waals surface area contributed by atoms with Gasteiger partial charge in [0, 0.05) is 32.0 Å². The van der Waals surface area contributed by atoms with E-state index in [-0.39, 0.29) is 17.4 Å². The van der Waals surface area contributed by atoms with E-state index in [1.54, 1.807) is 4.90 Å². The molecule has 154 valence electrons. The van der Waals surface area contributed by atoms with E-state index < -0.39 is 0 Å². The summed E-state index contributed by atoms with van der Waals surface area (Å²) in [5, 5.41) is 3.18. The number of benzene rings is 2. The largest absolute Gasteiger partial charge is 0.350 e. The number of aryl methyl sites for hydroxylation is 2. The molecule has 3 rings (SSSR count). The summed E-state index contributed by atoms with van der Waals surface area (Å²) < 4.78 is 0. The molecule has 4 heteroatoms. The number of nitrogens with zero attached hydrogens (tertiary/aromatic N) is 1. The molecule has 1 aliphatic heterocycles. The third-order valence-electron chi connectivity index (χ3n) is 5.99. The van der Waals surface area contributed by atoms with E-state index in [2.05, 4.69) is 67.7 Å². The van der Waals surface area contributed by atoms with Crippen molar-refractivity contribution in [3.63, 3.8) is 0 Å². The first-order valence-electron chi connectivity index (χ1n) is 10.6. The van der Waals surface area contributed by atoms with Crippen LogP contribution in [0.25, 0.3) is 0 Å². The standard InChI is InChI=1S/C25H32N2O2/c1-4-20-9-11-22(12-10-20)18-27(3)24(29)14-16-25(15-13-23(28)26-25)17-21-7-5-19(2)6-8-21/h5-12H,4,13-18H2,1-3H3,(H,26,28)/t25-/m0/s1. The third-order valence-corrected chi connectivity index (χ3v) is 5.99. The number of hydrogen-bond acceptors (Lipinski definition) is 2. The van der Waals surface area contributed by atoms with Crippen molar-refractivity contribution in [3.8, 4) is 0 Å². The minimum absolute atomic E-state index is 0.0916. The minimum atomic E-state index is -0.314. The Morgan fingerprint density at radius 1 is 1.03 bits per heavy atom. The van der Waals surface area contributed by atoms with Gasteiger partial charge in [0.2, 0.25) is 11.8 Å². The van der Waals surface area contributed by atoms with Crippen molar-refractivity contribution in [1.82, 2.24) is 10.2 Å². The molecule has 29 heavy (non-hydrogen) atoms. The Hall–Kier alpha value is -2.62. The first-order chi connectivity index (χ1) is 13.9. The molecule has 0 aliphatic carbocycles. The number of amides is 2. The Balaban J connectivity index is 1.60. The summed E-state index contributed by atoms with van der Waals surface area (Å²) in [6, 6.07) is 16.9. The summed E-state index contributed by atoms with van der Waals surface area (Å²) in [4.78, 5) is 26.5. The number of nitrogens with one attached hydrogen (secondary N) is 1. The van der Waals surface area contributed by atoms with Crippen LogP contribution < -0.4 is 5.32 Å². The van der Waals surface area contributed by atoms with E-state index in [0.717, 1.165) is 24.8 Å². The predicted octanol–water partition coefficient (Wildman–Crippen LogP) is 4.19. The zero-order chi connectivity index (χ0) is 20.9. The van der Waals surface area contributed by atoms with Gasteiger partial charge in [-0.1, -0.05) is 61.0 Å². The summed E-state index contributed by atoms with van der Waals surface area (Å²) in [7, 11) is 1.86. The Kier molecular flexibility index (Phi) is 6.73. The SMILES string of the molecule is CCc1ccc(CN(C)C(=O)CC[C@]2(Cc3ccc(C)cc3)CCC(=O)N2)cc1. The van der Waals surface area contributed by atoms with Crippen molar-refractivity contribution in [2.75, 3.05) is 7.05 Å². The summed E-state index contributed by atoms with van der Waals surface area (Å²) >= 11 is 0. The molecule has 0 bridgehead atoms. The van der Waals surface area contributed by atoms with Gasteiger partial charge in [-0.2, -0.15) is 0 Å². The van der Waals surface area contributed by atoms with E-state index in [1.807, 2.05) is 7.05 Å². The molecule has 1 aliphatic rings. The second-order valence-electron chi connectivity index (χ2n) is 8.41. The van der Waals surface area contributed by atoms with Crippen LogP contribution in [0.5, 0.6) is 0 Å². The lowest BCUT2D eigenvalue weighted by atomic mass is 9.84. The molecule has 1 fully saturated rings. The molecule has 2 aromatic rings. The molecule has 4 nitrogen and oxygen atoms in total. The highest BCUT2D eigenvalue weighted by atomic mass is 16.2. The highest BCUT2D eigenvalue weighted by molar-refractivity contribution is 5.80. The fraction of sp³-hybridized carbons (Fsp3) is 0.440. The zero-order valence-corrected chi connectivity index (χ0v) is 17.8. The quantitative estimate of drug-likeness (QED) is 0.732. The van der Waals surface area contributed by atoms with E-state index in [4.69, 9.17) is 0 Å². The Bertz CT molecular complexity index is 842. The third kappa shape index (κ3) is 5.69. The maximum atomic E-state index is 12.8. The summed E-state index contributed by atoms with van der Waals surface area (Å²) in [6.45, 7) is 4.82. The van der Waals surface area contributed by atoms with Crippen molar-refractivity contribution in [3.05, 3.63) is 70.8 Å². The van der Waals surface area contributed by atoms with E-state index in [9.17, 15) is 9.59 Å². The van der Waals surface area contributed by atoms with Crippen LogP contribution in [-0.4, -0.2) is 29.3 Å². The Morgan fingerprint density at radius 2 is 1.66 bits per heavy atom. The molecular formula is C25H32N2O2. The first-order valence-corrected chi connectivity index (χ1v) is 10.6. The second kappa shape index (κ2) is 9.25. The molecule has 1 saturated heterocycles. The molecule has 2 aromatic carbocycles. The Morgan fingerprint density at radius 3 is 2.24 bits per heavy atom. The van der Waals surface area contributed by atoms with Crippen LogP contribution in [-0.2, 0) is 29.0 Å². The van der Waals surface area contributed by atoms with Crippen LogP contribution in [0.1, 0.15) is 54.9 Å². The highest BCUT2D eigenvalue weighted by Crippen LogP contribution is 2.30. The fourth-order valence-electron chi connectivity index (χ4n) is 4.06. The monoisotopic (exact) mass is 392 g/mol. The second-order valence-corrected chi connectivity index (χ2v) is 8.41. The van der Waals surface area contributed by atoms with Gasteiger partial charge in [-0.25, -0.2) is 0 Å². The van der Waals surface area contributed by atoms with Crippen molar-refractivity contribution in [2.24, 2.45) is 0 Å². The lowest BCUT2D eigenvalue weighted by molar-refractivity contribution is -0.131. The number of rotatable bonds is 8. The lowest BCUT2D eigenvalue weighted by Crippen LogP contribution is -2.44. The average molecular weight is 393 g/mol. The molecular weight excluding hydrogens is 360 g/mol. The smallest absolute Gasteiger partial charge is 0.222 e. The van der Waals surface area contributed by atoms with Gasteiger partial charge in [0.05, 0.1) is 0 Å². The van der Waals surface area contributed by atoms with Gasteiger partial charge in [0.15, 0.2) is 0 Å². The van der Waals surface area contributed by atoms with Crippen LogP contribution in [0.3, 0.4) is 0 Å². The Labute approximate surface area is 174 Å². The molecule has 0 spiro atoms. The van der Waals surface area contributed by atoms with Crippen LogP contribution in [0.2, 0.25) is 0 Å². The van der Waals surface area contributed by atoms with E-state index >= 15 is 0 Å². The predicted molar refractivity (Wildman–Crippen MR) is 117 cm³/mol. The molecule has 1 N–H and O–H groups in total. The summed E-state index contributed by atoms with van der Waals surface area (Å²) in [6.07, 6.45) is 4.23. The van der Waals surface area contributed by atoms with Crippen molar-refractivity contribution in [1.29, 1.82) is 0 Å². The lowest BCUT2D eigenvalue weighted by Gasteiger charge is -2.30. The maximum Gasteiger partial charge on any atom is 0.222 e. The van der Waals surface area contributed by atoms with Crippen LogP contribution in [0.15, 0.2) is 48.5 Å². The average Bonchev–Trinajstić information content (AvgIpc) is 3.09. The molecule has 2 amide bonds. The highest BCUT2D eigenvalue weighted by Gasteiger charge is 2.38. The van der Waals surface area contributed by atoms with Gasteiger partial charge in [-0.15, -0.1) is 0 Å². The topological polar surface area (TPSA) is 49.4 Å². The van der Waals surface area contributed by atoms with Crippen molar-refractivity contribution >= 4 is 11.8 Å². The number of carbonyl (C=O) groups is 2. The van der Waals surface area contributed by atoms with E-state index in [1.165, 1.54) is 16.7 Å². The maximum absolute atomic E-state index is 12.8. The molecule has 1 atom stereocenters. The van der Waals surface area contributed by atoms with Crippen LogP contribution in [0, 0.1) is 6.92 Å². The normalized spacial score (nSPS) is 18.5. The van der Waals surface area contributed by atoms with Crippen molar-refractivity contribution < 1.29 is 9.59 Å². The van der Waals surface area contributed by atoms with Gasteiger partial charge in [-0.3, -0.25) is 9.59 Å². The summed E-state index contributed by atoms with van der Waals surface area (Å²) in [5.74, 6) is 0.211. The van der Waals surface area contributed by atoms with Gasteiger partial charge in [0.25, 0.3) is 0 Å². The molecule has 0 aromatic heterocycles. The first kappa shape index (κ1) is 21.1. The minimum Gasteiger partial charge on any atom is -0.350 e.